The van der Waals surface area contributed by atoms with E-state index in [-0.39, 0.29) is 18.1 Å². The Morgan fingerprint density at radius 1 is 1.04 bits per heavy atom. The van der Waals surface area contributed by atoms with Crippen LogP contribution in [0.15, 0.2) is 48.5 Å². The molecule has 2 amide bonds. The zero-order chi connectivity index (χ0) is 18.6. The number of hydrogen-bond donors (Lipinski definition) is 1. The Bertz CT molecular complexity index is 771. The van der Waals surface area contributed by atoms with E-state index < -0.39 is 17.6 Å². The van der Waals surface area contributed by atoms with Crippen LogP contribution in [0.25, 0.3) is 0 Å². The second-order valence-electron chi connectivity index (χ2n) is 5.51. The van der Waals surface area contributed by atoms with E-state index >= 15 is 0 Å². The van der Waals surface area contributed by atoms with Gasteiger partial charge in [0.05, 0.1) is 5.56 Å². The average Bonchev–Trinajstić information content (AvgIpc) is 2.53. The van der Waals surface area contributed by atoms with Crippen molar-refractivity contribution < 1.29 is 22.8 Å². The van der Waals surface area contributed by atoms with E-state index in [9.17, 15) is 22.8 Å². The van der Waals surface area contributed by atoms with E-state index in [0.29, 0.717) is 5.69 Å². The van der Waals surface area contributed by atoms with Crippen molar-refractivity contribution in [1.82, 2.24) is 0 Å². The highest BCUT2D eigenvalue weighted by atomic mass is 19.4. The zero-order valence-electron chi connectivity index (χ0n) is 13.7. The predicted octanol–water partition coefficient (Wildman–Crippen LogP) is 4.01. The molecular formula is C18H17F3N2O2. The molecule has 0 aliphatic carbocycles. The van der Waals surface area contributed by atoms with Gasteiger partial charge in [0.25, 0.3) is 0 Å². The topological polar surface area (TPSA) is 49.4 Å². The lowest BCUT2D eigenvalue weighted by molar-refractivity contribution is -0.137. The van der Waals surface area contributed by atoms with Gasteiger partial charge in [-0.05, 0) is 42.8 Å². The van der Waals surface area contributed by atoms with Gasteiger partial charge in [0.2, 0.25) is 11.8 Å². The number of hydrogen-bond acceptors (Lipinski definition) is 2. The summed E-state index contributed by atoms with van der Waals surface area (Å²) in [6, 6.07) is 11.2. The molecular weight excluding hydrogens is 333 g/mol. The molecule has 0 heterocycles. The molecule has 2 aromatic rings. The van der Waals surface area contributed by atoms with Gasteiger partial charge in [-0.15, -0.1) is 0 Å². The second-order valence-corrected chi connectivity index (χ2v) is 5.51. The van der Waals surface area contributed by atoms with Crippen molar-refractivity contribution in [2.75, 3.05) is 16.8 Å². The normalized spacial score (nSPS) is 11.1. The Kier molecular flexibility index (Phi) is 5.46. The summed E-state index contributed by atoms with van der Waals surface area (Å²) in [5.74, 6) is -0.810. The molecule has 0 fully saturated rings. The number of anilines is 2. The molecule has 4 nitrogen and oxygen atoms in total. The first-order valence-electron chi connectivity index (χ1n) is 7.49. The molecule has 0 unspecified atom stereocenters. The van der Waals surface area contributed by atoms with Crippen molar-refractivity contribution >= 4 is 23.2 Å². The van der Waals surface area contributed by atoms with E-state index in [1.54, 1.807) is 12.1 Å². The molecule has 1 N–H and O–H groups in total. The van der Waals surface area contributed by atoms with E-state index in [0.717, 1.165) is 17.7 Å². The van der Waals surface area contributed by atoms with E-state index in [1.807, 2.05) is 19.1 Å². The molecule has 0 saturated carbocycles. The highest BCUT2D eigenvalue weighted by Crippen LogP contribution is 2.29. The molecule has 7 heteroatoms. The number of para-hydroxylation sites is 1. The third kappa shape index (κ3) is 4.82. The van der Waals surface area contributed by atoms with Gasteiger partial charge in [-0.25, -0.2) is 0 Å². The van der Waals surface area contributed by atoms with Gasteiger partial charge in [-0.2, -0.15) is 13.2 Å². The van der Waals surface area contributed by atoms with Crippen LogP contribution in [0.5, 0.6) is 0 Å². The fourth-order valence-electron chi connectivity index (χ4n) is 2.32. The van der Waals surface area contributed by atoms with Gasteiger partial charge < -0.3 is 10.2 Å². The van der Waals surface area contributed by atoms with Crippen LogP contribution in [0.3, 0.4) is 0 Å². The maximum Gasteiger partial charge on any atom is 0.416 e. The van der Waals surface area contributed by atoms with E-state index in [2.05, 4.69) is 5.32 Å². The van der Waals surface area contributed by atoms with Crippen LogP contribution in [0.1, 0.15) is 18.1 Å². The molecule has 0 aromatic heterocycles. The van der Waals surface area contributed by atoms with Gasteiger partial charge in [0.15, 0.2) is 0 Å². The van der Waals surface area contributed by atoms with Gasteiger partial charge in [-0.1, -0.05) is 18.2 Å². The number of amides is 2. The van der Waals surface area contributed by atoms with Crippen LogP contribution in [0.4, 0.5) is 24.5 Å². The number of halogens is 3. The van der Waals surface area contributed by atoms with Crippen molar-refractivity contribution in [3.8, 4) is 0 Å². The van der Waals surface area contributed by atoms with E-state index in [4.69, 9.17) is 0 Å². The minimum Gasteiger partial charge on any atom is -0.325 e. The highest BCUT2D eigenvalue weighted by molar-refractivity contribution is 6.02. The molecule has 2 rings (SSSR count). The third-order valence-electron chi connectivity index (χ3n) is 3.58. The Hall–Kier alpha value is -2.83. The summed E-state index contributed by atoms with van der Waals surface area (Å²) in [4.78, 5) is 25.3. The van der Waals surface area contributed by atoms with Gasteiger partial charge in [0.1, 0.15) is 6.54 Å². The zero-order valence-corrected chi connectivity index (χ0v) is 13.7. The fraction of sp³-hybridized carbons (Fsp3) is 0.222. The SMILES string of the molecule is CC(=O)N(CC(=O)Nc1ccc(C(F)(F)F)cc1)c1ccccc1C. The van der Waals surface area contributed by atoms with Crippen LogP contribution in [0.2, 0.25) is 0 Å². The lowest BCUT2D eigenvalue weighted by Gasteiger charge is -2.22. The molecule has 0 aliphatic heterocycles. The summed E-state index contributed by atoms with van der Waals surface area (Å²) in [5, 5.41) is 2.49. The lowest BCUT2D eigenvalue weighted by atomic mass is 10.1. The van der Waals surface area contributed by atoms with Crippen molar-refractivity contribution in [3.05, 3.63) is 59.7 Å². The number of nitrogens with one attached hydrogen (secondary N) is 1. The van der Waals surface area contributed by atoms with Gasteiger partial charge in [0, 0.05) is 18.3 Å². The standard InChI is InChI=1S/C18H17F3N2O2/c1-12-5-3-4-6-16(12)23(13(2)24)11-17(25)22-15-9-7-14(8-10-15)18(19,20)21/h3-10H,11H2,1-2H3,(H,22,25). The van der Waals surface area contributed by atoms with Crippen molar-refractivity contribution in [2.24, 2.45) is 0 Å². The fourth-order valence-corrected chi connectivity index (χ4v) is 2.32. The smallest absolute Gasteiger partial charge is 0.325 e. The minimum atomic E-state index is -4.43. The van der Waals surface area contributed by atoms with Crippen molar-refractivity contribution in [3.63, 3.8) is 0 Å². The maximum absolute atomic E-state index is 12.5. The number of aryl methyl sites for hydroxylation is 1. The molecule has 2 aromatic carbocycles. The van der Waals surface area contributed by atoms with Crippen LogP contribution in [-0.2, 0) is 15.8 Å². The number of benzene rings is 2. The molecule has 0 spiro atoms. The molecule has 0 aliphatic rings. The predicted molar refractivity (Wildman–Crippen MR) is 89.3 cm³/mol. The summed E-state index contributed by atoms with van der Waals surface area (Å²) in [6.07, 6.45) is -4.43. The van der Waals surface area contributed by atoms with Crippen molar-refractivity contribution in [2.45, 2.75) is 20.0 Å². The summed E-state index contributed by atoms with van der Waals surface area (Å²) in [6.45, 7) is 2.93. The monoisotopic (exact) mass is 350 g/mol. The number of alkyl halides is 3. The lowest BCUT2D eigenvalue weighted by Crippen LogP contribution is -2.37. The molecule has 0 bridgehead atoms. The summed E-state index contributed by atoms with van der Waals surface area (Å²) in [5.41, 5.74) is 0.875. The number of rotatable bonds is 4. The van der Waals surface area contributed by atoms with Gasteiger partial charge >= 0.3 is 6.18 Å². The van der Waals surface area contributed by atoms with Crippen LogP contribution < -0.4 is 10.2 Å². The first-order chi connectivity index (χ1) is 11.7. The maximum atomic E-state index is 12.5. The molecule has 0 radical (unpaired) electrons. The number of nitrogens with zero attached hydrogens (tertiary/aromatic N) is 1. The Morgan fingerprint density at radius 2 is 1.64 bits per heavy atom. The Balaban J connectivity index is 2.10. The highest BCUT2D eigenvalue weighted by Gasteiger charge is 2.30. The average molecular weight is 350 g/mol. The molecule has 0 saturated heterocycles. The Labute approximate surface area is 143 Å². The minimum absolute atomic E-state index is 0.228. The molecule has 0 atom stereocenters. The van der Waals surface area contributed by atoms with Crippen LogP contribution >= 0.6 is 0 Å². The first-order valence-corrected chi connectivity index (χ1v) is 7.49. The summed E-state index contributed by atoms with van der Waals surface area (Å²) >= 11 is 0. The van der Waals surface area contributed by atoms with Gasteiger partial charge in [-0.3, -0.25) is 9.59 Å². The first kappa shape index (κ1) is 18.5. The number of carbonyl (C=O) groups excluding carboxylic acids is 2. The summed E-state index contributed by atoms with van der Waals surface area (Å²) in [7, 11) is 0. The summed E-state index contributed by atoms with van der Waals surface area (Å²) < 4.78 is 37.6. The largest absolute Gasteiger partial charge is 0.416 e. The molecule has 132 valence electrons. The second kappa shape index (κ2) is 7.38. The number of carbonyl (C=O) groups is 2. The van der Waals surface area contributed by atoms with Crippen LogP contribution in [-0.4, -0.2) is 18.4 Å². The molecule has 25 heavy (non-hydrogen) atoms. The van der Waals surface area contributed by atoms with E-state index in [1.165, 1.54) is 24.0 Å². The quantitative estimate of drug-likeness (QED) is 0.906. The Morgan fingerprint density at radius 3 is 2.16 bits per heavy atom. The van der Waals surface area contributed by atoms with Crippen molar-refractivity contribution in [1.29, 1.82) is 0 Å². The van der Waals surface area contributed by atoms with Crippen LogP contribution in [0, 0.1) is 6.92 Å². The third-order valence-corrected chi connectivity index (χ3v) is 3.58.